The molecule has 72 valence electrons. The van der Waals surface area contributed by atoms with Crippen LogP contribution in [-0.2, 0) is 6.54 Å². The van der Waals surface area contributed by atoms with Crippen LogP contribution in [0.5, 0.6) is 0 Å². The van der Waals surface area contributed by atoms with E-state index in [-0.39, 0.29) is 6.03 Å². The van der Waals surface area contributed by atoms with Crippen LogP contribution in [0.1, 0.15) is 4.88 Å². The van der Waals surface area contributed by atoms with Crippen molar-refractivity contribution in [2.45, 2.75) is 6.54 Å². The van der Waals surface area contributed by atoms with Gasteiger partial charge in [0, 0.05) is 23.4 Å². The maximum absolute atomic E-state index is 11.2. The van der Waals surface area contributed by atoms with Crippen LogP contribution >= 0.6 is 27.3 Å². The van der Waals surface area contributed by atoms with E-state index in [1.165, 1.54) is 4.90 Å². The Bertz CT molecular complexity index is 298. The first kappa shape index (κ1) is 10.5. The zero-order valence-electron chi connectivity index (χ0n) is 7.50. The molecule has 0 aliphatic heterocycles. The number of hydrogen-bond donors (Lipinski definition) is 1. The molecule has 0 aliphatic rings. The second-order valence-electron chi connectivity index (χ2n) is 2.74. The van der Waals surface area contributed by atoms with Gasteiger partial charge in [0.05, 0.1) is 6.54 Å². The van der Waals surface area contributed by atoms with Gasteiger partial charge in [-0.15, -0.1) is 11.3 Å². The SMILES string of the molecule is CN(C)C(=O)NCc1sccc1Br. The minimum atomic E-state index is -0.0692. The monoisotopic (exact) mass is 262 g/mol. The van der Waals surface area contributed by atoms with Crippen molar-refractivity contribution in [3.05, 3.63) is 20.8 Å². The molecule has 3 nitrogen and oxygen atoms in total. The Morgan fingerprint density at radius 2 is 2.38 bits per heavy atom. The van der Waals surface area contributed by atoms with E-state index in [4.69, 9.17) is 0 Å². The van der Waals surface area contributed by atoms with Crippen molar-refractivity contribution < 1.29 is 4.79 Å². The highest BCUT2D eigenvalue weighted by Crippen LogP contribution is 2.21. The van der Waals surface area contributed by atoms with Gasteiger partial charge in [-0.2, -0.15) is 0 Å². The van der Waals surface area contributed by atoms with E-state index in [1.807, 2.05) is 11.4 Å². The Morgan fingerprint density at radius 1 is 1.69 bits per heavy atom. The zero-order valence-corrected chi connectivity index (χ0v) is 9.91. The first-order chi connectivity index (χ1) is 6.11. The minimum Gasteiger partial charge on any atom is -0.333 e. The molecule has 1 N–H and O–H groups in total. The van der Waals surface area contributed by atoms with E-state index in [9.17, 15) is 4.79 Å². The quantitative estimate of drug-likeness (QED) is 0.872. The summed E-state index contributed by atoms with van der Waals surface area (Å²) in [6.07, 6.45) is 0. The smallest absolute Gasteiger partial charge is 0.317 e. The topological polar surface area (TPSA) is 32.3 Å². The van der Waals surface area contributed by atoms with Crippen LogP contribution in [0.25, 0.3) is 0 Å². The molecule has 1 rings (SSSR count). The maximum atomic E-state index is 11.2. The summed E-state index contributed by atoms with van der Waals surface area (Å²) in [6.45, 7) is 0.579. The summed E-state index contributed by atoms with van der Waals surface area (Å²) >= 11 is 5.02. The van der Waals surface area contributed by atoms with E-state index < -0.39 is 0 Å². The van der Waals surface area contributed by atoms with Crippen LogP contribution in [0.3, 0.4) is 0 Å². The van der Waals surface area contributed by atoms with Crippen molar-refractivity contribution >= 4 is 33.3 Å². The van der Waals surface area contributed by atoms with Crippen molar-refractivity contribution in [1.29, 1.82) is 0 Å². The molecule has 0 atom stereocenters. The van der Waals surface area contributed by atoms with Gasteiger partial charge < -0.3 is 10.2 Å². The lowest BCUT2D eigenvalue weighted by atomic mass is 10.5. The van der Waals surface area contributed by atoms with Gasteiger partial charge in [-0.3, -0.25) is 0 Å². The highest BCUT2D eigenvalue weighted by Gasteiger charge is 2.05. The lowest BCUT2D eigenvalue weighted by Crippen LogP contribution is -2.33. The van der Waals surface area contributed by atoms with Gasteiger partial charge in [0.1, 0.15) is 0 Å². The third kappa shape index (κ3) is 3.00. The molecule has 0 radical (unpaired) electrons. The van der Waals surface area contributed by atoms with Crippen LogP contribution in [0.2, 0.25) is 0 Å². The fraction of sp³-hybridized carbons (Fsp3) is 0.375. The average Bonchev–Trinajstić information content (AvgIpc) is 2.47. The summed E-state index contributed by atoms with van der Waals surface area (Å²) in [4.78, 5) is 13.8. The van der Waals surface area contributed by atoms with Crippen molar-refractivity contribution in [1.82, 2.24) is 10.2 Å². The first-order valence-electron chi connectivity index (χ1n) is 3.78. The number of rotatable bonds is 2. The third-order valence-corrected chi connectivity index (χ3v) is 3.42. The number of carbonyl (C=O) groups is 1. The molecule has 0 unspecified atom stereocenters. The van der Waals surface area contributed by atoms with Gasteiger partial charge in [0.25, 0.3) is 0 Å². The fourth-order valence-electron chi connectivity index (χ4n) is 0.765. The summed E-state index contributed by atoms with van der Waals surface area (Å²) < 4.78 is 1.05. The highest BCUT2D eigenvalue weighted by atomic mass is 79.9. The Balaban J connectivity index is 2.44. The number of nitrogens with one attached hydrogen (secondary N) is 1. The van der Waals surface area contributed by atoms with Crippen molar-refractivity contribution in [2.75, 3.05) is 14.1 Å². The molecule has 0 bridgehead atoms. The van der Waals surface area contributed by atoms with E-state index >= 15 is 0 Å². The molecule has 0 aliphatic carbocycles. The molecule has 0 spiro atoms. The lowest BCUT2D eigenvalue weighted by Gasteiger charge is -2.11. The van der Waals surface area contributed by atoms with Crippen LogP contribution in [-0.4, -0.2) is 25.0 Å². The Kier molecular flexibility index (Phi) is 3.74. The number of amides is 2. The van der Waals surface area contributed by atoms with Gasteiger partial charge in [-0.1, -0.05) is 0 Å². The first-order valence-corrected chi connectivity index (χ1v) is 5.45. The predicted octanol–water partition coefficient (Wildman–Crippen LogP) is 2.28. The van der Waals surface area contributed by atoms with E-state index in [0.717, 1.165) is 9.35 Å². The van der Waals surface area contributed by atoms with E-state index in [0.29, 0.717) is 6.54 Å². The molecule has 2 amide bonds. The van der Waals surface area contributed by atoms with Gasteiger partial charge in [0.15, 0.2) is 0 Å². The molecule has 5 heteroatoms. The number of nitrogens with zero attached hydrogens (tertiary/aromatic N) is 1. The molecule has 13 heavy (non-hydrogen) atoms. The predicted molar refractivity (Wildman–Crippen MR) is 57.9 cm³/mol. The molecule has 0 saturated heterocycles. The summed E-state index contributed by atoms with van der Waals surface area (Å²) in [5, 5.41) is 4.78. The molecule has 0 aromatic carbocycles. The Hall–Kier alpha value is -0.550. The molecule has 1 aromatic rings. The van der Waals surface area contributed by atoms with Crippen LogP contribution < -0.4 is 5.32 Å². The molecule has 0 saturated carbocycles. The van der Waals surface area contributed by atoms with E-state index in [2.05, 4.69) is 21.2 Å². The number of hydrogen-bond acceptors (Lipinski definition) is 2. The number of thiophene rings is 1. The van der Waals surface area contributed by atoms with Gasteiger partial charge in [-0.05, 0) is 27.4 Å². The number of halogens is 1. The molecular formula is C8H11BrN2OS. The fourth-order valence-corrected chi connectivity index (χ4v) is 2.20. The second-order valence-corrected chi connectivity index (χ2v) is 4.60. The highest BCUT2D eigenvalue weighted by molar-refractivity contribution is 9.10. The molecule has 0 fully saturated rings. The summed E-state index contributed by atoms with van der Waals surface area (Å²) in [5.74, 6) is 0. The van der Waals surface area contributed by atoms with Crippen molar-refractivity contribution in [3.63, 3.8) is 0 Å². The second kappa shape index (κ2) is 4.62. The van der Waals surface area contributed by atoms with E-state index in [1.54, 1.807) is 25.4 Å². The van der Waals surface area contributed by atoms with Crippen molar-refractivity contribution in [3.8, 4) is 0 Å². The van der Waals surface area contributed by atoms with Crippen LogP contribution in [0, 0.1) is 0 Å². The molecule has 1 aromatic heterocycles. The van der Waals surface area contributed by atoms with Gasteiger partial charge >= 0.3 is 6.03 Å². The average molecular weight is 263 g/mol. The standard InChI is InChI=1S/C8H11BrN2OS/c1-11(2)8(12)10-5-7-6(9)3-4-13-7/h3-4H,5H2,1-2H3,(H,10,12). The minimum absolute atomic E-state index is 0.0692. The lowest BCUT2D eigenvalue weighted by molar-refractivity contribution is 0.217. The van der Waals surface area contributed by atoms with Crippen LogP contribution in [0.4, 0.5) is 4.79 Å². The summed E-state index contributed by atoms with van der Waals surface area (Å²) in [7, 11) is 3.44. The Morgan fingerprint density at radius 3 is 2.85 bits per heavy atom. The normalized spacial score (nSPS) is 9.77. The zero-order chi connectivity index (χ0) is 9.84. The maximum Gasteiger partial charge on any atom is 0.317 e. The molecule has 1 heterocycles. The summed E-state index contributed by atoms with van der Waals surface area (Å²) in [6, 6.07) is 1.90. The third-order valence-electron chi connectivity index (χ3n) is 1.50. The van der Waals surface area contributed by atoms with Crippen LogP contribution in [0.15, 0.2) is 15.9 Å². The van der Waals surface area contributed by atoms with Gasteiger partial charge in [0.2, 0.25) is 0 Å². The Labute approximate surface area is 89.9 Å². The largest absolute Gasteiger partial charge is 0.333 e. The van der Waals surface area contributed by atoms with Gasteiger partial charge in [-0.25, -0.2) is 4.79 Å². The number of urea groups is 1. The summed E-state index contributed by atoms with van der Waals surface area (Å²) in [5.41, 5.74) is 0. The van der Waals surface area contributed by atoms with Crippen molar-refractivity contribution in [2.24, 2.45) is 0 Å². The number of carbonyl (C=O) groups excluding carboxylic acids is 1. The molecular weight excluding hydrogens is 252 g/mol.